The predicted octanol–water partition coefficient (Wildman–Crippen LogP) is 3.21. The fourth-order valence-corrected chi connectivity index (χ4v) is 3.40. The van der Waals surface area contributed by atoms with Crippen molar-refractivity contribution >= 4 is 15.6 Å². The summed E-state index contributed by atoms with van der Waals surface area (Å²) in [5, 5.41) is 0. The van der Waals surface area contributed by atoms with E-state index in [2.05, 4.69) is 0 Å². The number of rotatable bonds is 5. The van der Waals surface area contributed by atoms with Crippen LogP contribution >= 0.6 is 0 Å². The predicted molar refractivity (Wildman–Crippen MR) is 83.4 cm³/mol. The van der Waals surface area contributed by atoms with Crippen molar-refractivity contribution in [1.82, 2.24) is 0 Å². The Labute approximate surface area is 125 Å². The van der Waals surface area contributed by atoms with Gasteiger partial charge in [0.05, 0.1) is 4.90 Å². The number of carbonyl (C=O) groups is 1. The summed E-state index contributed by atoms with van der Waals surface area (Å²) in [6.45, 7) is 3.85. The van der Waals surface area contributed by atoms with Crippen molar-refractivity contribution in [3.8, 4) is 0 Å². The Morgan fingerprint density at radius 1 is 1.05 bits per heavy atom. The summed E-state index contributed by atoms with van der Waals surface area (Å²) >= 11 is 0. The smallest absolute Gasteiger partial charge is 0.185 e. The molecule has 0 aliphatic heterocycles. The standard InChI is InChI=1S/C17H18O3S/c1-3-14-7-9-15(10-8-14)17(18)12-21(19,20)16-6-4-5-13(2)11-16/h4-11H,3,12H2,1-2H3. The number of ketones is 1. The molecule has 0 bridgehead atoms. The normalized spacial score (nSPS) is 11.3. The molecular weight excluding hydrogens is 284 g/mol. The summed E-state index contributed by atoms with van der Waals surface area (Å²) in [4.78, 5) is 12.3. The molecule has 0 atom stereocenters. The minimum absolute atomic E-state index is 0.195. The molecule has 2 aromatic carbocycles. The maximum absolute atomic E-state index is 12.3. The van der Waals surface area contributed by atoms with E-state index in [1.165, 1.54) is 6.07 Å². The average Bonchev–Trinajstić information content (AvgIpc) is 2.47. The van der Waals surface area contributed by atoms with Crippen LogP contribution in [0.3, 0.4) is 0 Å². The second-order valence-electron chi connectivity index (χ2n) is 5.05. The van der Waals surface area contributed by atoms with Gasteiger partial charge in [0.1, 0.15) is 5.75 Å². The van der Waals surface area contributed by atoms with Gasteiger partial charge in [0.25, 0.3) is 0 Å². The average molecular weight is 302 g/mol. The largest absolute Gasteiger partial charge is 0.293 e. The van der Waals surface area contributed by atoms with Gasteiger partial charge in [-0.3, -0.25) is 4.79 Å². The number of aryl methyl sites for hydroxylation is 2. The summed E-state index contributed by atoms with van der Waals surface area (Å²) < 4.78 is 24.5. The van der Waals surface area contributed by atoms with Crippen LogP contribution in [-0.4, -0.2) is 20.0 Å². The fraction of sp³-hybridized carbons (Fsp3) is 0.235. The molecular formula is C17H18O3S. The van der Waals surface area contributed by atoms with Crippen molar-refractivity contribution in [3.63, 3.8) is 0 Å². The van der Waals surface area contributed by atoms with Gasteiger partial charge in [-0.2, -0.15) is 0 Å². The maximum Gasteiger partial charge on any atom is 0.185 e. The molecule has 110 valence electrons. The van der Waals surface area contributed by atoms with Crippen molar-refractivity contribution in [2.24, 2.45) is 0 Å². The van der Waals surface area contributed by atoms with Crippen LogP contribution in [0.15, 0.2) is 53.4 Å². The lowest BCUT2D eigenvalue weighted by atomic mass is 10.1. The molecule has 0 fully saturated rings. The lowest BCUT2D eigenvalue weighted by Crippen LogP contribution is -2.16. The molecule has 0 saturated heterocycles. The molecule has 0 amide bonds. The van der Waals surface area contributed by atoms with Gasteiger partial charge in [-0.05, 0) is 36.6 Å². The molecule has 0 radical (unpaired) electrons. The minimum Gasteiger partial charge on any atom is -0.293 e. The van der Waals surface area contributed by atoms with Gasteiger partial charge in [-0.1, -0.05) is 43.3 Å². The van der Waals surface area contributed by atoms with Crippen molar-refractivity contribution < 1.29 is 13.2 Å². The lowest BCUT2D eigenvalue weighted by molar-refractivity contribution is 0.102. The van der Waals surface area contributed by atoms with Crippen LogP contribution in [0.4, 0.5) is 0 Å². The Morgan fingerprint density at radius 2 is 1.71 bits per heavy atom. The molecule has 0 N–H and O–H groups in total. The first kappa shape index (κ1) is 15.4. The third-order valence-corrected chi connectivity index (χ3v) is 4.97. The Bertz CT molecular complexity index is 744. The first-order chi connectivity index (χ1) is 9.92. The molecule has 0 aliphatic rings. The van der Waals surface area contributed by atoms with Gasteiger partial charge in [0.2, 0.25) is 0 Å². The Hall–Kier alpha value is -1.94. The highest BCUT2D eigenvalue weighted by atomic mass is 32.2. The Balaban J connectivity index is 2.21. The second-order valence-corrected chi connectivity index (χ2v) is 7.04. The van der Waals surface area contributed by atoms with E-state index in [0.717, 1.165) is 17.5 Å². The third-order valence-electron chi connectivity index (χ3n) is 3.35. The zero-order chi connectivity index (χ0) is 15.5. The number of hydrogen-bond donors (Lipinski definition) is 0. The van der Waals surface area contributed by atoms with E-state index < -0.39 is 15.6 Å². The highest BCUT2D eigenvalue weighted by Crippen LogP contribution is 2.15. The number of hydrogen-bond acceptors (Lipinski definition) is 3. The molecule has 0 spiro atoms. The number of Topliss-reactive ketones (excluding diaryl/α,β-unsaturated/α-hetero) is 1. The van der Waals surface area contributed by atoms with E-state index >= 15 is 0 Å². The number of sulfone groups is 1. The van der Waals surface area contributed by atoms with Crippen LogP contribution in [0.2, 0.25) is 0 Å². The van der Waals surface area contributed by atoms with Gasteiger partial charge in [0.15, 0.2) is 15.6 Å². The molecule has 21 heavy (non-hydrogen) atoms. The minimum atomic E-state index is -3.60. The molecule has 2 rings (SSSR count). The summed E-state index contributed by atoms with van der Waals surface area (Å²) in [5.74, 6) is -0.874. The molecule has 0 saturated carbocycles. The number of carbonyl (C=O) groups excluding carboxylic acids is 1. The van der Waals surface area contributed by atoms with Crippen molar-refractivity contribution in [1.29, 1.82) is 0 Å². The van der Waals surface area contributed by atoms with Gasteiger partial charge >= 0.3 is 0 Å². The van der Waals surface area contributed by atoms with Gasteiger partial charge < -0.3 is 0 Å². The van der Waals surface area contributed by atoms with Crippen LogP contribution in [0.5, 0.6) is 0 Å². The lowest BCUT2D eigenvalue weighted by Gasteiger charge is -2.06. The van der Waals surface area contributed by atoms with Crippen LogP contribution in [-0.2, 0) is 16.3 Å². The van der Waals surface area contributed by atoms with Gasteiger partial charge in [-0.25, -0.2) is 8.42 Å². The molecule has 0 unspecified atom stereocenters. The number of benzene rings is 2. The molecule has 0 heterocycles. The molecule has 3 nitrogen and oxygen atoms in total. The topological polar surface area (TPSA) is 51.2 Å². The van der Waals surface area contributed by atoms with Crippen molar-refractivity contribution in [3.05, 3.63) is 65.2 Å². The molecule has 2 aromatic rings. The van der Waals surface area contributed by atoms with Crippen LogP contribution < -0.4 is 0 Å². The van der Waals surface area contributed by atoms with Crippen molar-refractivity contribution in [2.75, 3.05) is 5.75 Å². The first-order valence-electron chi connectivity index (χ1n) is 6.84. The molecule has 4 heteroatoms. The third kappa shape index (κ3) is 3.79. The molecule has 0 aliphatic carbocycles. The first-order valence-corrected chi connectivity index (χ1v) is 8.49. The summed E-state index contributed by atoms with van der Waals surface area (Å²) in [5.41, 5.74) is 2.41. The Kier molecular flexibility index (Phi) is 4.58. The summed E-state index contributed by atoms with van der Waals surface area (Å²) in [6, 6.07) is 13.7. The second kappa shape index (κ2) is 6.22. The van der Waals surface area contributed by atoms with E-state index in [-0.39, 0.29) is 10.7 Å². The zero-order valence-corrected chi connectivity index (χ0v) is 13.0. The highest BCUT2D eigenvalue weighted by molar-refractivity contribution is 7.92. The molecule has 0 aromatic heterocycles. The summed E-state index contributed by atoms with van der Waals surface area (Å²) in [7, 11) is -3.60. The van der Waals surface area contributed by atoms with E-state index in [9.17, 15) is 13.2 Å². The van der Waals surface area contributed by atoms with Gasteiger partial charge in [-0.15, -0.1) is 0 Å². The maximum atomic E-state index is 12.3. The quantitative estimate of drug-likeness (QED) is 0.797. The van der Waals surface area contributed by atoms with Crippen LogP contribution in [0, 0.1) is 6.92 Å². The SMILES string of the molecule is CCc1ccc(C(=O)CS(=O)(=O)c2cccc(C)c2)cc1. The van der Waals surface area contributed by atoms with E-state index in [1.807, 2.05) is 32.0 Å². The van der Waals surface area contributed by atoms with Gasteiger partial charge in [0, 0.05) is 5.56 Å². The van der Waals surface area contributed by atoms with Crippen molar-refractivity contribution in [2.45, 2.75) is 25.2 Å². The van der Waals surface area contributed by atoms with E-state index in [0.29, 0.717) is 5.56 Å². The highest BCUT2D eigenvalue weighted by Gasteiger charge is 2.20. The monoisotopic (exact) mass is 302 g/mol. The van der Waals surface area contributed by atoms with Crippen LogP contribution in [0.1, 0.15) is 28.4 Å². The Morgan fingerprint density at radius 3 is 2.29 bits per heavy atom. The van der Waals surface area contributed by atoms with E-state index in [1.54, 1.807) is 24.3 Å². The van der Waals surface area contributed by atoms with E-state index in [4.69, 9.17) is 0 Å². The summed E-state index contributed by atoms with van der Waals surface area (Å²) in [6.07, 6.45) is 0.885. The van der Waals surface area contributed by atoms with Crippen LogP contribution in [0.25, 0.3) is 0 Å². The zero-order valence-electron chi connectivity index (χ0n) is 12.2. The fourth-order valence-electron chi connectivity index (χ4n) is 2.07.